The van der Waals surface area contributed by atoms with Gasteiger partial charge in [0, 0.05) is 17.8 Å². The first-order chi connectivity index (χ1) is 13.5. The zero-order valence-corrected chi connectivity index (χ0v) is 18.6. The minimum absolute atomic E-state index is 0.00350. The van der Waals surface area contributed by atoms with Gasteiger partial charge >= 0.3 is 6.09 Å². The van der Waals surface area contributed by atoms with Gasteiger partial charge in [0.05, 0.1) is 10.0 Å². The topological polar surface area (TPSA) is 87.7 Å². The Hall–Kier alpha value is -2.44. The SMILES string of the molecule is CC.CC(C)(C)OC(=O)NCc1ccc(NC(=O)c2cc(Cl)c(O)c(Cl)c2)cc1. The molecule has 0 aromatic heterocycles. The van der Waals surface area contributed by atoms with Gasteiger partial charge in [0.1, 0.15) is 5.60 Å². The van der Waals surface area contributed by atoms with Crippen LogP contribution < -0.4 is 10.6 Å². The Morgan fingerprint density at radius 3 is 2.03 bits per heavy atom. The Bertz CT molecular complexity index is 824. The van der Waals surface area contributed by atoms with Gasteiger partial charge in [-0.2, -0.15) is 0 Å². The predicted octanol–water partition coefficient (Wildman–Crippen LogP) is 6.00. The third-order valence-electron chi connectivity index (χ3n) is 3.33. The normalized spacial score (nSPS) is 10.4. The van der Waals surface area contributed by atoms with Gasteiger partial charge in [0.2, 0.25) is 0 Å². The van der Waals surface area contributed by atoms with E-state index in [-0.39, 0.29) is 21.4 Å². The quantitative estimate of drug-likeness (QED) is 0.543. The van der Waals surface area contributed by atoms with Gasteiger partial charge in [-0.05, 0) is 50.6 Å². The van der Waals surface area contributed by atoms with E-state index >= 15 is 0 Å². The van der Waals surface area contributed by atoms with Gasteiger partial charge < -0.3 is 20.5 Å². The average molecular weight is 441 g/mol. The smallest absolute Gasteiger partial charge is 0.407 e. The summed E-state index contributed by atoms with van der Waals surface area (Å²) < 4.78 is 5.17. The molecule has 3 N–H and O–H groups in total. The fraction of sp³-hybridized carbons (Fsp3) is 0.333. The molecule has 0 unspecified atom stereocenters. The van der Waals surface area contributed by atoms with Crippen LogP contribution in [0, 0.1) is 0 Å². The van der Waals surface area contributed by atoms with E-state index in [9.17, 15) is 14.7 Å². The van der Waals surface area contributed by atoms with Crippen LogP contribution in [0.4, 0.5) is 10.5 Å². The Labute approximate surface area is 181 Å². The van der Waals surface area contributed by atoms with Crippen molar-refractivity contribution < 1.29 is 19.4 Å². The molecule has 2 amide bonds. The lowest BCUT2D eigenvalue weighted by molar-refractivity contribution is 0.0523. The van der Waals surface area contributed by atoms with Gasteiger partial charge in [-0.25, -0.2) is 4.79 Å². The van der Waals surface area contributed by atoms with Crippen LogP contribution in [0.2, 0.25) is 10.0 Å². The summed E-state index contributed by atoms with van der Waals surface area (Å²) in [5.41, 5.74) is 1.06. The van der Waals surface area contributed by atoms with Crippen LogP contribution in [-0.4, -0.2) is 22.7 Å². The van der Waals surface area contributed by atoms with Crippen molar-refractivity contribution in [3.8, 4) is 5.75 Å². The van der Waals surface area contributed by atoms with Crippen molar-refractivity contribution in [1.29, 1.82) is 0 Å². The molecule has 0 radical (unpaired) electrons. The molecule has 0 spiro atoms. The highest BCUT2D eigenvalue weighted by Crippen LogP contribution is 2.32. The van der Waals surface area contributed by atoms with Crippen molar-refractivity contribution in [2.75, 3.05) is 5.32 Å². The maximum Gasteiger partial charge on any atom is 0.407 e. The maximum absolute atomic E-state index is 12.3. The molecule has 8 heteroatoms. The molecule has 29 heavy (non-hydrogen) atoms. The van der Waals surface area contributed by atoms with Crippen molar-refractivity contribution >= 4 is 40.9 Å². The number of carbonyl (C=O) groups excluding carboxylic acids is 2. The molecule has 0 aliphatic carbocycles. The molecular formula is C21H26Cl2N2O4. The minimum Gasteiger partial charge on any atom is -0.505 e. The molecule has 158 valence electrons. The number of aromatic hydroxyl groups is 1. The van der Waals surface area contributed by atoms with Crippen LogP contribution in [0.25, 0.3) is 0 Å². The molecule has 2 aromatic carbocycles. The van der Waals surface area contributed by atoms with Crippen LogP contribution in [0.3, 0.4) is 0 Å². The number of hydrogen-bond donors (Lipinski definition) is 3. The van der Waals surface area contributed by atoms with E-state index in [1.54, 1.807) is 45.0 Å². The first kappa shape index (κ1) is 24.6. The highest BCUT2D eigenvalue weighted by atomic mass is 35.5. The Kier molecular flexibility index (Phi) is 9.27. The van der Waals surface area contributed by atoms with E-state index in [2.05, 4.69) is 10.6 Å². The molecule has 0 bridgehead atoms. The summed E-state index contributed by atoms with van der Waals surface area (Å²) in [6, 6.07) is 9.60. The average Bonchev–Trinajstić information content (AvgIpc) is 2.65. The Morgan fingerprint density at radius 1 is 1.03 bits per heavy atom. The summed E-state index contributed by atoms with van der Waals surface area (Å²) >= 11 is 11.7. The van der Waals surface area contributed by atoms with Crippen molar-refractivity contribution in [1.82, 2.24) is 5.32 Å². The van der Waals surface area contributed by atoms with E-state index in [4.69, 9.17) is 27.9 Å². The van der Waals surface area contributed by atoms with Crippen molar-refractivity contribution in [2.24, 2.45) is 0 Å². The molecule has 0 saturated heterocycles. The number of phenolic OH excluding ortho intramolecular Hbond substituents is 1. The lowest BCUT2D eigenvalue weighted by Gasteiger charge is -2.19. The summed E-state index contributed by atoms with van der Waals surface area (Å²) in [4.78, 5) is 23.9. The largest absolute Gasteiger partial charge is 0.505 e. The van der Waals surface area contributed by atoms with Gasteiger partial charge in [0.25, 0.3) is 5.91 Å². The third-order valence-corrected chi connectivity index (χ3v) is 3.90. The summed E-state index contributed by atoms with van der Waals surface area (Å²) in [5, 5.41) is 14.9. The lowest BCUT2D eigenvalue weighted by atomic mass is 10.1. The van der Waals surface area contributed by atoms with E-state index < -0.39 is 17.6 Å². The van der Waals surface area contributed by atoms with E-state index in [0.29, 0.717) is 12.2 Å². The number of alkyl carbamates (subject to hydrolysis) is 1. The number of benzene rings is 2. The number of nitrogens with one attached hydrogen (secondary N) is 2. The zero-order valence-electron chi connectivity index (χ0n) is 17.1. The maximum atomic E-state index is 12.3. The monoisotopic (exact) mass is 440 g/mol. The first-order valence-electron chi connectivity index (χ1n) is 9.10. The van der Waals surface area contributed by atoms with Crippen molar-refractivity contribution in [2.45, 2.75) is 46.8 Å². The number of carbonyl (C=O) groups is 2. The van der Waals surface area contributed by atoms with Crippen LogP contribution in [0.5, 0.6) is 5.75 Å². The van der Waals surface area contributed by atoms with Crippen LogP contribution in [0.1, 0.15) is 50.5 Å². The van der Waals surface area contributed by atoms with Gasteiger partial charge in [-0.15, -0.1) is 0 Å². The second kappa shape index (κ2) is 10.9. The first-order valence-corrected chi connectivity index (χ1v) is 9.86. The van der Waals surface area contributed by atoms with E-state index in [1.165, 1.54) is 12.1 Å². The van der Waals surface area contributed by atoms with Gasteiger partial charge in [-0.3, -0.25) is 4.79 Å². The number of ether oxygens (including phenoxy) is 1. The van der Waals surface area contributed by atoms with Crippen LogP contribution >= 0.6 is 23.2 Å². The Morgan fingerprint density at radius 2 is 1.55 bits per heavy atom. The molecule has 2 rings (SSSR count). The highest BCUT2D eigenvalue weighted by molar-refractivity contribution is 6.37. The molecule has 0 atom stereocenters. The molecular weight excluding hydrogens is 415 g/mol. The predicted molar refractivity (Wildman–Crippen MR) is 117 cm³/mol. The second-order valence-corrected chi connectivity index (χ2v) is 7.61. The van der Waals surface area contributed by atoms with Crippen molar-refractivity contribution in [3.63, 3.8) is 0 Å². The number of amides is 2. The molecule has 0 heterocycles. The van der Waals surface area contributed by atoms with Crippen molar-refractivity contribution in [3.05, 3.63) is 57.6 Å². The van der Waals surface area contributed by atoms with Gasteiger partial charge in [-0.1, -0.05) is 49.2 Å². The number of rotatable bonds is 4. The highest BCUT2D eigenvalue weighted by Gasteiger charge is 2.16. The standard InChI is InChI=1S/C19H20Cl2N2O4.C2H6/c1-19(2,3)27-18(26)22-10-11-4-6-13(7-5-11)23-17(25)12-8-14(20)16(24)15(21)9-12;1-2/h4-9,24H,10H2,1-3H3,(H,22,26)(H,23,25);1-2H3. The number of phenols is 1. The molecule has 0 aliphatic rings. The molecule has 0 saturated carbocycles. The van der Waals surface area contributed by atoms with E-state index in [1.807, 2.05) is 13.8 Å². The summed E-state index contributed by atoms with van der Waals surface area (Å²) in [7, 11) is 0. The molecule has 2 aromatic rings. The fourth-order valence-corrected chi connectivity index (χ4v) is 2.58. The summed E-state index contributed by atoms with van der Waals surface area (Å²) in [5.74, 6) is -0.685. The second-order valence-electron chi connectivity index (χ2n) is 6.79. The zero-order chi connectivity index (χ0) is 22.2. The van der Waals surface area contributed by atoms with Crippen LogP contribution in [0.15, 0.2) is 36.4 Å². The lowest BCUT2D eigenvalue weighted by Crippen LogP contribution is -2.32. The minimum atomic E-state index is -0.557. The molecule has 6 nitrogen and oxygen atoms in total. The van der Waals surface area contributed by atoms with E-state index in [0.717, 1.165) is 5.56 Å². The molecule has 0 aliphatic heterocycles. The number of halogens is 2. The van der Waals surface area contributed by atoms with Crippen LogP contribution in [-0.2, 0) is 11.3 Å². The third kappa shape index (κ3) is 8.21. The summed E-state index contributed by atoms with van der Waals surface area (Å²) in [6.45, 7) is 9.67. The summed E-state index contributed by atoms with van der Waals surface area (Å²) in [6.07, 6.45) is -0.499. The molecule has 0 fully saturated rings. The fourth-order valence-electron chi connectivity index (χ4n) is 2.09. The van der Waals surface area contributed by atoms with Gasteiger partial charge in [0.15, 0.2) is 5.75 Å². The Balaban J connectivity index is 0.00000204. The number of hydrogen-bond acceptors (Lipinski definition) is 4. The number of anilines is 1.